The molecule has 0 bridgehead atoms. The van der Waals surface area contributed by atoms with E-state index in [1.807, 2.05) is 19.9 Å². The molecule has 37 heavy (non-hydrogen) atoms. The Hall–Kier alpha value is -3.81. The summed E-state index contributed by atoms with van der Waals surface area (Å²) in [7, 11) is -4.14. The van der Waals surface area contributed by atoms with Crippen molar-refractivity contribution < 1.29 is 26.9 Å². The fraction of sp³-hybridized carbons (Fsp3) is 0.185. The third kappa shape index (κ3) is 7.35. The summed E-state index contributed by atoms with van der Waals surface area (Å²) in [5.74, 6) is 0.138. The van der Waals surface area contributed by atoms with E-state index in [0.29, 0.717) is 23.6 Å². The molecule has 0 aliphatic carbocycles. The molecule has 1 N–H and O–H groups in total. The lowest BCUT2D eigenvalue weighted by molar-refractivity contribution is -0.112. The largest absolute Gasteiger partial charge is 0.494 e. The number of ether oxygens (including phenoxy) is 2. The molecule has 3 aromatic rings. The number of rotatable bonds is 10. The van der Waals surface area contributed by atoms with Gasteiger partial charge in [-0.05, 0) is 96.9 Å². The molecular weight excluding hydrogens is 560 g/mol. The Bertz CT molecular complexity index is 1440. The minimum Gasteiger partial charge on any atom is -0.494 e. The van der Waals surface area contributed by atoms with Gasteiger partial charge in [0, 0.05) is 5.69 Å². The fourth-order valence-corrected chi connectivity index (χ4v) is 4.80. The maximum absolute atomic E-state index is 12.8. The van der Waals surface area contributed by atoms with Crippen LogP contribution < -0.4 is 19.0 Å². The molecule has 8 nitrogen and oxygen atoms in total. The molecule has 0 unspecified atom stereocenters. The number of nitrogens with zero attached hydrogens (tertiary/aromatic N) is 1. The first-order valence-corrected chi connectivity index (χ1v) is 13.5. The van der Waals surface area contributed by atoms with Crippen molar-refractivity contribution in [2.24, 2.45) is 0 Å². The highest BCUT2D eigenvalue weighted by Gasteiger charge is 2.22. The first-order valence-electron chi connectivity index (χ1n) is 11.3. The Morgan fingerprint density at radius 1 is 1.03 bits per heavy atom. The zero-order chi connectivity index (χ0) is 27.0. The first-order chi connectivity index (χ1) is 17.7. The maximum Gasteiger partial charge on any atom is 0.339 e. The summed E-state index contributed by atoms with van der Waals surface area (Å²) < 4.78 is 42.4. The molecule has 10 heteroatoms. The highest BCUT2D eigenvalue weighted by Crippen LogP contribution is 2.39. The number of anilines is 1. The van der Waals surface area contributed by atoms with Crippen molar-refractivity contribution in [3.8, 4) is 23.3 Å². The van der Waals surface area contributed by atoms with Crippen molar-refractivity contribution in [3.05, 3.63) is 81.8 Å². The Morgan fingerprint density at radius 3 is 2.27 bits per heavy atom. The molecule has 0 aromatic heterocycles. The van der Waals surface area contributed by atoms with Gasteiger partial charge in [0.2, 0.25) is 0 Å². The van der Waals surface area contributed by atoms with Crippen LogP contribution in [0.5, 0.6) is 17.2 Å². The van der Waals surface area contributed by atoms with Gasteiger partial charge >= 0.3 is 10.1 Å². The molecule has 0 spiro atoms. The van der Waals surface area contributed by atoms with E-state index in [0.717, 1.165) is 5.56 Å². The van der Waals surface area contributed by atoms with Crippen LogP contribution in [0.15, 0.2) is 75.6 Å². The topological polar surface area (TPSA) is 115 Å². The lowest BCUT2D eigenvalue weighted by Crippen LogP contribution is -2.13. The summed E-state index contributed by atoms with van der Waals surface area (Å²) in [5, 5.41) is 12.3. The Balaban J connectivity index is 1.89. The van der Waals surface area contributed by atoms with Crippen LogP contribution in [0.4, 0.5) is 5.69 Å². The number of hydrogen-bond donors (Lipinski definition) is 1. The smallest absolute Gasteiger partial charge is 0.339 e. The Morgan fingerprint density at radius 2 is 1.68 bits per heavy atom. The lowest BCUT2D eigenvalue weighted by Gasteiger charge is -2.15. The summed E-state index contributed by atoms with van der Waals surface area (Å²) in [4.78, 5) is 12.7. The van der Waals surface area contributed by atoms with E-state index >= 15 is 0 Å². The van der Waals surface area contributed by atoms with Crippen molar-refractivity contribution >= 4 is 43.7 Å². The maximum atomic E-state index is 12.8. The van der Waals surface area contributed by atoms with Crippen LogP contribution in [0.2, 0.25) is 0 Å². The van der Waals surface area contributed by atoms with Crippen LogP contribution >= 0.6 is 15.9 Å². The Kier molecular flexibility index (Phi) is 9.33. The van der Waals surface area contributed by atoms with Crippen LogP contribution in [0.1, 0.15) is 25.0 Å². The van der Waals surface area contributed by atoms with E-state index in [9.17, 15) is 18.5 Å². The van der Waals surface area contributed by atoms with Crippen LogP contribution in [0.25, 0.3) is 6.08 Å². The van der Waals surface area contributed by atoms with Gasteiger partial charge in [-0.1, -0.05) is 17.7 Å². The number of hydrogen-bond acceptors (Lipinski definition) is 7. The average Bonchev–Trinajstić information content (AvgIpc) is 2.86. The molecule has 1 amide bonds. The van der Waals surface area contributed by atoms with E-state index in [2.05, 4.69) is 21.2 Å². The molecule has 0 aliphatic rings. The highest BCUT2D eigenvalue weighted by atomic mass is 79.9. The quantitative estimate of drug-likeness (QED) is 0.180. The zero-order valence-electron chi connectivity index (χ0n) is 20.4. The van der Waals surface area contributed by atoms with Crippen molar-refractivity contribution in [2.45, 2.75) is 25.7 Å². The number of nitrogens with one attached hydrogen (secondary N) is 1. The summed E-state index contributed by atoms with van der Waals surface area (Å²) in [6.45, 7) is 6.20. The van der Waals surface area contributed by atoms with Crippen molar-refractivity contribution in [3.63, 3.8) is 0 Å². The third-order valence-electron chi connectivity index (χ3n) is 4.93. The highest BCUT2D eigenvalue weighted by molar-refractivity contribution is 9.10. The summed E-state index contributed by atoms with van der Waals surface area (Å²) in [6, 6.07) is 17.9. The summed E-state index contributed by atoms with van der Waals surface area (Å²) in [6.07, 6.45) is 1.37. The Labute approximate surface area is 224 Å². The number of carbonyl (C=O) groups is 1. The van der Waals surface area contributed by atoms with Crippen LogP contribution in [0.3, 0.4) is 0 Å². The second-order valence-electron chi connectivity index (χ2n) is 7.69. The van der Waals surface area contributed by atoms with Gasteiger partial charge < -0.3 is 19.0 Å². The van der Waals surface area contributed by atoms with Crippen molar-refractivity contribution in [2.75, 3.05) is 18.5 Å². The van der Waals surface area contributed by atoms with Gasteiger partial charge in [0.05, 0.1) is 17.7 Å². The summed E-state index contributed by atoms with van der Waals surface area (Å²) >= 11 is 3.33. The van der Waals surface area contributed by atoms with Crippen LogP contribution in [0, 0.1) is 18.3 Å². The van der Waals surface area contributed by atoms with Crippen LogP contribution in [-0.2, 0) is 14.9 Å². The van der Waals surface area contributed by atoms with E-state index < -0.39 is 16.0 Å². The van der Waals surface area contributed by atoms with Gasteiger partial charge in [0.25, 0.3) is 5.91 Å². The number of nitriles is 1. The number of amides is 1. The molecule has 3 aromatic carbocycles. The summed E-state index contributed by atoms with van der Waals surface area (Å²) in [5.41, 5.74) is 1.67. The minimum atomic E-state index is -4.14. The molecule has 0 aliphatic heterocycles. The van der Waals surface area contributed by atoms with Gasteiger partial charge in [-0.2, -0.15) is 13.7 Å². The SMILES string of the molecule is CCOc1ccc(NC(=O)/C(C#N)=C/c2cc(Br)c(OS(=O)(=O)c3ccc(C)cc3)c(OCC)c2)cc1. The predicted octanol–water partition coefficient (Wildman–Crippen LogP) is 5.87. The van der Waals surface area contributed by atoms with E-state index in [1.54, 1.807) is 43.3 Å². The fourth-order valence-electron chi connectivity index (χ4n) is 3.19. The van der Waals surface area contributed by atoms with E-state index in [1.165, 1.54) is 30.3 Å². The predicted molar refractivity (Wildman–Crippen MR) is 144 cm³/mol. The van der Waals surface area contributed by atoms with Gasteiger partial charge in [-0.15, -0.1) is 0 Å². The monoisotopic (exact) mass is 584 g/mol. The molecule has 0 saturated heterocycles. The van der Waals surface area contributed by atoms with Gasteiger partial charge in [-0.3, -0.25) is 4.79 Å². The standard InChI is InChI=1S/C27H25BrN2O6S/c1-4-34-22-10-8-21(9-11-22)30-27(31)20(17-29)14-19-15-24(28)26(25(16-19)35-5-2)36-37(32,33)23-12-6-18(3)7-13-23/h6-16H,4-5H2,1-3H3,(H,30,31)/b20-14+. The minimum absolute atomic E-state index is 0.00542. The second kappa shape index (κ2) is 12.4. The molecule has 0 heterocycles. The third-order valence-corrected chi connectivity index (χ3v) is 6.76. The van der Waals surface area contributed by atoms with E-state index in [4.69, 9.17) is 13.7 Å². The lowest BCUT2D eigenvalue weighted by atomic mass is 10.1. The van der Waals surface area contributed by atoms with Gasteiger partial charge in [0.1, 0.15) is 22.3 Å². The average molecular weight is 585 g/mol. The molecule has 192 valence electrons. The zero-order valence-corrected chi connectivity index (χ0v) is 22.9. The number of carbonyl (C=O) groups excluding carboxylic acids is 1. The number of halogens is 1. The van der Waals surface area contributed by atoms with Crippen LogP contribution in [-0.4, -0.2) is 27.5 Å². The van der Waals surface area contributed by atoms with Gasteiger partial charge in [0.15, 0.2) is 11.5 Å². The van der Waals surface area contributed by atoms with Crippen molar-refractivity contribution in [1.29, 1.82) is 5.26 Å². The second-order valence-corrected chi connectivity index (χ2v) is 10.1. The molecule has 0 radical (unpaired) electrons. The number of benzene rings is 3. The normalized spacial score (nSPS) is 11.4. The molecule has 0 fully saturated rings. The van der Waals surface area contributed by atoms with E-state index in [-0.39, 0.29) is 33.0 Å². The molecular formula is C27H25BrN2O6S. The van der Waals surface area contributed by atoms with Crippen molar-refractivity contribution in [1.82, 2.24) is 0 Å². The van der Waals surface area contributed by atoms with Gasteiger partial charge in [-0.25, -0.2) is 0 Å². The molecule has 0 saturated carbocycles. The molecule has 0 atom stereocenters. The molecule has 3 rings (SSSR count). The number of aryl methyl sites for hydroxylation is 1. The first kappa shape index (κ1) is 27.8.